The molecule has 0 bridgehead atoms. The molecule has 0 aliphatic rings. The molecule has 0 radical (unpaired) electrons. The van der Waals surface area contributed by atoms with Gasteiger partial charge in [-0.3, -0.25) is 4.98 Å². The van der Waals surface area contributed by atoms with Crippen LogP contribution in [0.5, 0.6) is 11.5 Å². The summed E-state index contributed by atoms with van der Waals surface area (Å²) in [6.45, 7) is 5.75. The quantitative estimate of drug-likeness (QED) is 0.281. The lowest BCUT2D eigenvalue weighted by Gasteiger charge is -2.12. The molecule has 0 saturated carbocycles. The van der Waals surface area contributed by atoms with Gasteiger partial charge in [0, 0.05) is 40.0 Å². The molecule has 0 fully saturated rings. The van der Waals surface area contributed by atoms with Gasteiger partial charge in [0.1, 0.15) is 28.7 Å². The first-order valence-electron chi connectivity index (χ1n) is 12.3. The molecule has 0 unspecified atom stereocenters. The number of benzene rings is 2. The number of aromatic amines is 1. The smallest absolute Gasteiger partial charge is 0.142 e. The average Bonchev–Trinajstić information content (AvgIpc) is 3.46. The number of ether oxygens (including phenoxy) is 2. The van der Waals surface area contributed by atoms with Crippen molar-refractivity contribution in [3.63, 3.8) is 0 Å². The van der Waals surface area contributed by atoms with Crippen molar-refractivity contribution in [1.29, 1.82) is 0 Å². The van der Waals surface area contributed by atoms with Crippen molar-refractivity contribution in [2.75, 3.05) is 14.2 Å². The molecule has 4 aromatic heterocycles. The lowest BCUT2D eigenvalue weighted by Crippen LogP contribution is -2.01. The molecule has 1 N–H and O–H groups in total. The second-order valence-corrected chi connectivity index (χ2v) is 9.28. The highest BCUT2D eigenvalue weighted by Crippen LogP contribution is 2.40. The molecule has 0 aliphatic carbocycles. The number of hydrogen-bond donors (Lipinski definition) is 1. The molecule has 38 heavy (non-hydrogen) atoms. The first kappa shape index (κ1) is 23.7. The van der Waals surface area contributed by atoms with Gasteiger partial charge in [0.15, 0.2) is 0 Å². The fourth-order valence-electron chi connectivity index (χ4n) is 5.16. The van der Waals surface area contributed by atoms with E-state index in [-0.39, 0.29) is 0 Å². The summed E-state index contributed by atoms with van der Waals surface area (Å²) in [6, 6.07) is 16.1. The minimum Gasteiger partial charge on any atom is -0.497 e. The molecule has 6 aromatic rings. The predicted molar refractivity (Wildman–Crippen MR) is 147 cm³/mol. The summed E-state index contributed by atoms with van der Waals surface area (Å²) < 4.78 is 16.8. The minimum atomic E-state index is 0.594. The Morgan fingerprint density at radius 3 is 2.50 bits per heavy atom. The summed E-state index contributed by atoms with van der Waals surface area (Å²) in [4.78, 5) is 17.7. The van der Waals surface area contributed by atoms with Gasteiger partial charge in [0.2, 0.25) is 0 Å². The molecule has 0 amide bonds. The Kier molecular flexibility index (Phi) is 5.79. The fourth-order valence-corrected chi connectivity index (χ4v) is 5.16. The zero-order valence-electron chi connectivity index (χ0n) is 21.9. The van der Waals surface area contributed by atoms with Crippen LogP contribution in [0, 0.1) is 20.8 Å². The molecule has 190 valence electrons. The van der Waals surface area contributed by atoms with E-state index in [1.807, 2.05) is 57.2 Å². The van der Waals surface area contributed by atoms with Crippen LogP contribution >= 0.6 is 0 Å². The van der Waals surface area contributed by atoms with Crippen LogP contribution in [0.2, 0.25) is 0 Å². The lowest BCUT2D eigenvalue weighted by molar-refractivity contribution is 0.393. The van der Waals surface area contributed by atoms with Crippen LogP contribution in [0.4, 0.5) is 0 Å². The highest BCUT2D eigenvalue weighted by atomic mass is 16.5. The number of rotatable bonds is 6. The third-order valence-corrected chi connectivity index (χ3v) is 6.88. The highest BCUT2D eigenvalue weighted by Gasteiger charge is 2.21. The Balaban J connectivity index is 1.55. The van der Waals surface area contributed by atoms with Gasteiger partial charge in [-0.15, -0.1) is 0 Å². The summed E-state index contributed by atoms with van der Waals surface area (Å²) in [5, 5.41) is 6.10. The molecule has 0 saturated heterocycles. The monoisotopic (exact) mass is 505 g/mol. The van der Waals surface area contributed by atoms with E-state index in [1.165, 1.54) is 0 Å². The van der Waals surface area contributed by atoms with Crippen LogP contribution in [0.15, 0.2) is 59.3 Å². The maximum Gasteiger partial charge on any atom is 0.142 e. The van der Waals surface area contributed by atoms with Gasteiger partial charge >= 0.3 is 0 Å². The molecule has 0 atom stereocenters. The van der Waals surface area contributed by atoms with Crippen molar-refractivity contribution in [3.05, 3.63) is 83.3 Å². The molecular formula is C30H27N5O3. The van der Waals surface area contributed by atoms with Gasteiger partial charge in [0.05, 0.1) is 36.9 Å². The summed E-state index contributed by atoms with van der Waals surface area (Å²) in [5.74, 6) is 2.96. The molecule has 4 heterocycles. The maximum atomic E-state index is 5.84. The number of aromatic nitrogens is 5. The Morgan fingerprint density at radius 2 is 1.79 bits per heavy atom. The predicted octanol–water partition coefficient (Wildman–Crippen LogP) is 6.36. The molecule has 0 aliphatic heterocycles. The van der Waals surface area contributed by atoms with E-state index in [0.717, 1.165) is 78.5 Å². The van der Waals surface area contributed by atoms with Crippen molar-refractivity contribution in [2.24, 2.45) is 0 Å². The lowest BCUT2D eigenvalue weighted by atomic mass is 9.97. The Labute approximate surface area is 219 Å². The van der Waals surface area contributed by atoms with Crippen molar-refractivity contribution in [3.8, 4) is 33.9 Å². The van der Waals surface area contributed by atoms with E-state index < -0.39 is 0 Å². The average molecular weight is 506 g/mol. The molecule has 6 rings (SSSR count). The zero-order chi connectivity index (χ0) is 26.4. The van der Waals surface area contributed by atoms with Crippen LogP contribution in [0.25, 0.3) is 44.3 Å². The van der Waals surface area contributed by atoms with Crippen LogP contribution in [-0.4, -0.2) is 39.3 Å². The maximum absolute atomic E-state index is 5.84. The third kappa shape index (κ3) is 3.94. The topological polar surface area (TPSA) is 99.0 Å². The number of nitrogens with zero attached hydrogens (tertiary/aromatic N) is 4. The minimum absolute atomic E-state index is 0.594. The highest BCUT2D eigenvalue weighted by molar-refractivity contribution is 6.09. The Hall–Kier alpha value is -4.72. The number of fused-ring (bicyclic) bond motifs is 3. The second-order valence-electron chi connectivity index (χ2n) is 9.28. The molecule has 8 nitrogen and oxygen atoms in total. The van der Waals surface area contributed by atoms with Crippen molar-refractivity contribution >= 4 is 21.9 Å². The SMILES string of the molecule is COc1ccc(Cc2nc(C)nc3[nH]c4cc(-c5c(C)noc5C)c(OC)cc4c23)c(-c2ccccn2)c1. The Bertz CT molecular complexity index is 1780. The first-order valence-corrected chi connectivity index (χ1v) is 12.3. The van der Waals surface area contributed by atoms with Crippen molar-refractivity contribution in [1.82, 2.24) is 25.1 Å². The van der Waals surface area contributed by atoms with Gasteiger partial charge in [0.25, 0.3) is 0 Å². The standard InChI is InChI=1S/C30H27N5O3/c1-16-28(17(2)38-35-16)23-14-25-22(15-27(23)37-5)29-26(32-18(3)33-30(29)34-25)12-19-9-10-20(36-4)13-21(19)24-8-6-7-11-31-24/h6-11,13-15H,12H2,1-5H3,(H,32,33,34). The van der Waals surface area contributed by atoms with E-state index in [1.54, 1.807) is 20.4 Å². The summed E-state index contributed by atoms with van der Waals surface area (Å²) in [6.07, 6.45) is 2.39. The van der Waals surface area contributed by atoms with Crippen LogP contribution < -0.4 is 9.47 Å². The largest absolute Gasteiger partial charge is 0.497 e. The van der Waals surface area contributed by atoms with Gasteiger partial charge in [-0.2, -0.15) is 0 Å². The van der Waals surface area contributed by atoms with E-state index in [4.69, 9.17) is 24.0 Å². The number of H-pyrrole nitrogens is 1. The summed E-state index contributed by atoms with van der Waals surface area (Å²) in [7, 11) is 3.35. The Morgan fingerprint density at radius 1 is 0.921 bits per heavy atom. The van der Waals surface area contributed by atoms with Crippen molar-refractivity contribution in [2.45, 2.75) is 27.2 Å². The van der Waals surface area contributed by atoms with Gasteiger partial charge in [-0.1, -0.05) is 17.3 Å². The number of hydrogen-bond acceptors (Lipinski definition) is 7. The number of aryl methyl sites for hydroxylation is 3. The van der Waals surface area contributed by atoms with E-state index in [0.29, 0.717) is 12.2 Å². The molecule has 0 spiro atoms. The van der Waals surface area contributed by atoms with E-state index in [2.05, 4.69) is 27.3 Å². The van der Waals surface area contributed by atoms with Gasteiger partial charge < -0.3 is 19.0 Å². The number of methoxy groups -OCH3 is 2. The number of pyridine rings is 1. The van der Waals surface area contributed by atoms with E-state index in [9.17, 15) is 0 Å². The van der Waals surface area contributed by atoms with Crippen LogP contribution in [0.3, 0.4) is 0 Å². The van der Waals surface area contributed by atoms with Gasteiger partial charge in [-0.05, 0) is 62.7 Å². The third-order valence-electron chi connectivity index (χ3n) is 6.88. The van der Waals surface area contributed by atoms with Gasteiger partial charge in [-0.25, -0.2) is 9.97 Å². The van der Waals surface area contributed by atoms with E-state index >= 15 is 0 Å². The van der Waals surface area contributed by atoms with Crippen molar-refractivity contribution < 1.29 is 14.0 Å². The van der Waals surface area contributed by atoms with Crippen LogP contribution in [0.1, 0.15) is 28.5 Å². The molecular weight excluding hydrogens is 478 g/mol. The molecule has 2 aromatic carbocycles. The summed E-state index contributed by atoms with van der Waals surface area (Å²) in [5.41, 5.74) is 8.30. The zero-order valence-corrected chi connectivity index (χ0v) is 21.9. The fraction of sp³-hybridized carbons (Fsp3) is 0.200. The second kappa shape index (κ2) is 9.30. The normalized spacial score (nSPS) is 11.4. The van der Waals surface area contributed by atoms with Crippen LogP contribution in [-0.2, 0) is 6.42 Å². The molecule has 8 heteroatoms. The summed E-state index contributed by atoms with van der Waals surface area (Å²) >= 11 is 0. The first-order chi connectivity index (χ1) is 18.5. The number of nitrogens with one attached hydrogen (secondary N) is 1.